The second kappa shape index (κ2) is 9.66. The van der Waals surface area contributed by atoms with E-state index in [0.717, 1.165) is 5.56 Å². The molecular weight excluding hydrogens is 324 g/mol. The first kappa shape index (κ1) is 20.5. The molecule has 1 aromatic carbocycles. The van der Waals surface area contributed by atoms with Crippen LogP contribution < -0.4 is 10.6 Å². The van der Waals surface area contributed by atoms with Gasteiger partial charge in [-0.2, -0.15) is 0 Å². The summed E-state index contributed by atoms with van der Waals surface area (Å²) < 4.78 is 5.11. The maximum atomic E-state index is 12.4. The summed E-state index contributed by atoms with van der Waals surface area (Å²) in [6.07, 6.45) is -0.728. The largest absolute Gasteiger partial charge is 0.480 e. The van der Waals surface area contributed by atoms with Crippen molar-refractivity contribution in [1.29, 1.82) is 0 Å². The lowest BCUT2D eigenvalue weighted by atomic mass is 10.0. The van der Waals surface area contributed by atoms with Gasteiger partial charge < -0.3 is 20.5 Å². The van der Waals surface area contributed by atoms with Crippen LogP contribution in [0.1, 0.15) is 33.3 Å². The normalized spacial score (nSPS) is 13.2. The van der Waals surface area contributed by atoms with Crippen molar-refractivity contribution in [3.05, 3.63) is 35.9 Å². The lowest BCUT2D eigenvalue weighted by Gasteiger charge is -2.25. The molecule has 7 nitrogen and oxygen atoms in total. The molecule has 0 radical (unpaired) electrons. The number of hydrogen-bond acceptors (Lipinski definition) is 4. The molecule has 7 heteroatoms. The van der Waals surface area contributed by atoms with Gasteiger partial charge >= 0.3 is 12.1 Å². The third-order valence-corrected chi connectivity index (χ3v) is 3.67. The van der Waals surface area contributed by atoms with Gasteiger partial charge in [-0.3, -0.25) is 4.79 Å². The minimum absolute atomic E-state index is 0.0862. The monoisotopic (exact) mass is 350 g/mol. The molecule has 0 fully saturated rings. The van der Waals surface area contributed by atoms with E-state index in [1.54, 1.807) is 27.7 Å². The van der Waals surface area contributed by atoms with Crippen molar-refractivity contribution in [2.45, 2.75) is 46.4 Å². The summed E-state index contributed by atoms with van der Waals surface area (Å²) >= 11 is 0. The fourth-order valence-corrected chi connectivity index (χ4v) is 2.18. The van der Waals surface area contributed by atoms with E-state index in [1.165, 1.54) is 0 Å². The molecule has 0 unspecified atom stereocenters. The molecule has 1 rings (SSSR count). The van der Waals surface area contributed by atoms with Gasteiger partial charge in [-0.25, -0.2) is 9.59 Å². The topological polar surface area (TPSA) is 105 Å². The van der Waals surface area contributed by atoms with Crippen LogP contribution in [-0.4, -0.2) is 35.2 Å². The minimum atomic E-state index is -1.11. The molecule has 0 aliphatic carbocycles. The number of benzene rings is 1. The Labute approximate surface area is 147 Å². The van der Waals surface area contributed by atoms with Gasteiger partial charge in [-0.15, -0.1) is 0 Å². The first-order chi connectivity index (χ1) is 11.7. The van der Waals surface area contributed by atoms with E-state index in [0.29, 0.717) is 0 Å². The molecule has 0 aromatic heterocycles. The van der Waals surface area contributed by atoms with Crippen LogP contribution in [0.25, 0.3) is 0 Å². The molecule has 0 saturated carbocycles. The summed E-state index contributed by atoms with van der Waals surface area (Å²) in [5.74, 6) is -2.17. The molecule has 0 spiro atoms. The Morgan fingerprint density at radius 1 is 0.960 bits per heavy atom. The molecule has 0 aliphatic rings. The van der Waals surface area contributed by atoms with Crippen LogP contribution in [0.15, 0.2) is 30.3 Å². The summed E-state index contributed by atoms with van der Waals surface area (Å²) in [6.45, 7) is 7.00. The van der Waals surface area contributed by atoms with Gasteiger partial charge in [0.2, 0.25) is 5.91 Å². The SMILES string of the molecule is CC(C)[C@H](NC(=O)OCc1ccccc1)C(=O)N[C@@H](C(=O)O)C(C)C. The van der Waals surface area contributed by atoms with E-state index in [9.17, 15) is 19.5 Å². The number of hydrogen-bond donors (Lipinski definition) is 3. The van der Waals surface area contributed by atoms with Gasteiger partial charge in [0.05, 0.1) is 0 Å². The first-order valence-corrected chi connectivity index (χ1v) is 8.22. The van der Waals surface area contributed by atoms with Crippen molar-refractivity contribution in [3.8, 4) is 0 Å². The fourth-order valence-electron chi connectivity index (χ4n) is 2.18. The molecule has 0 bridgehead atoms. The summed E-state index contributed by atoms with van der Waals surface area (Å²) in [6, 6.07) is 7.26. The lowest BCUT2D eigenvalue weighted by Crippen LogP contribution is -2.55. The number of ether oxygens (including phenoxy) is 1. The van der Waals surface area contributed by atoms with Crippen molar-refractivity contribution >= 4 is 18.0 Å². The van der Waals surface area contributed by atoms with Gasteiger partial charge in [-0.05, 0) is 17.4 Å². The van der Waals surface area contributed by atoms with Gasteiger partial charge in [0.25, 0.3) is 0 Å². The van der Waals surface area contributed by atoms with Crippen LogP contribution in [0.2, 0.25) is 0 Å². The fraction of sp³-hybridized carbons (Fsp3) is 0.500. The maximum Gasteiger partial charge on any atom is 0.408 e. The Balaban J connectivity index is 2.64. The Kier molecular flexibility index (Phi) is 7.91. The van der Waals surface area contributed by atoms with Gasteiger partial charge in [0.1, 0.15) is 18.7 Å². The van der Waals surface area contributed by atoms with E-state index < -0.39 is 30.1 Å². The molecule has 2 amide bonds. The standard InChI is InChI=1S/C18H26N2O5/c1-11(2)14(16(21)19-15(12(3)4)17(22)23)20-18(24)25-10-13-8-6-5-7-9-13/h5-9,11-12,14-15H,10H2,1-4H3,(H,19,21)(H,20,24)(H,22,23)/t14-,15+/m0/s1. The second-order valence-electron chi connectivity index (χ2n) is 6.50. The third kappa shape index (κ3) is 6.82. The Morgan fingerprint density at radius 2 is 1.52 bits per heavy atom. The van der Waals surface area contributed by atoms with E-state index >= 15 is 0 Å². The molecule has 2 atom stereocenters. The highest BCUT2D eigenvalue weighted by Crippen LogP contribution is 2.07. The number of nitrogens with one attached hydrogen (secondary N) is 2. The van der Waals surface area contributed by atoms with E-state index in [1.807, 2.05) is 30.3 Å². The number of carboxylic acid groups (broad SMARTS) is 1. The zero-order valence-corrected chi connectivity index (χ0v) is 15.0. The van der Waals surface area contributed by atoms with Crippen molar-refractivity contribution in [3.63, 3.8) is 0 Å². The van der Waals surface area contributed by atoms with Crippen molar-refractivity contribution in [2.24, 2.45) is 11.8 Å². The van der Waals surface area contributed by atoms with Crippen molar-refractivity contribution in [2.75, 3.05) is 0 Å². The Bertz CT molecular complexity index is 586. The minimum Gasteiger partial charge on any atom is -0.480 e. The zero-order chi connectivity index (χ0) is 19.0. The highest BCUT2D eigenvalue weighted by molar-refractivity contribution is 5.89. The zero-order valence-electron chi connectivity index (χ0n) is 15.0. The number of carbonyl (C=O) groups is 3. The predicted molar refractivity (Wildman–Crippen MR) is 92.8 cm³/mol. The van der Waals surface area contributed by atoms with Crippen LogP contribution in [-0.2, 0) is 20.9 Å². The quantitative estimate of drug-likeness (QED) is 0.666. The van der Waals surface area contributed by atoms with Crippen molar-refractivity contribution in [1.82, 2.24) is 10.6 Å². The highest BCUT2D eigenvalue weighted by atomic mass is 16.5. The number of rotatable bonds is 8. The summed E-state index contributed by atoms with van der Waals surface area (Å²) in [4.78, 5) is 35.6. The lowest BCUT2D eigenvalue weighted by molar-refractivity contribution is -0.143. The van der Waals surface area contributed by atoms with Crippen LogP contribution in [0.5, 0.6) is 0 Å². The second-order valence-corrected chi connectivity index (χ2v) is 6.50. The van der Waals surface area contributed by atoms with E-state index in [4.69, 9.17) is 4.74 Å². The van der Waals surface area contributed by atoms with Crippen LogP contribution in [0.3, 0.4) is 0 Å². The molecule has 138 valence electrons. The number of aliphatic carboxylic acids is 1. The predicted octanol–water partition coefficient (Wildman–Crippen LogP) is 2.16. The molecule has 25 heavy (non-hydrogen) atoms. The first-order valence-electron chi connectivity index (χ1n) is 8.22. The molecule has 1 aromatic rings. The average molecular weight is 350 g/mol. The smallest absolute Gasteiger partial charge is 0.408 e. The van der Waals surface area contributed by atoms with Crippen molar-refractivity contribution < 1.29 is 24.2 Å². The van der Waals surface area contributed by atoms with Crippen LogP contribution >= 0.6 is 0 Å². The van der Waals surface area contributed by atoms with E-state index in [2.05, 4.69) is 10.6 Å². The highest BCUT2D eigenvalue weighted by Gasteiger charge is 2.30. The number of carbonyl (C=O) groups excluding carboxylic acids is 2. The molecule has 0 heterocycles. The third-order valence-electron chi connectivity index (χ3n) is 3.67. The van der Waals surface area contributed by atoms with Crippen LogP contribution in [0, 0.1) is 11.8 Å². The molecule has 0 saturated heterocycles. The maximum absolute atomic E-state index is 12.4. The van der Waals surface area contributed by atoms with E-state index in [-0.39, 0.29) is 18.4 Å². The summed E-state index contributed by atoms with van der Waals surface area (Å²) in [5, 5.41) is 14.1. The van der Waals surface area contributed by atoms with Gasteiger partial charge in [0, 0.05) is 0 Å². The molecule has 3 N–H and O–H groups in total. The average Bonchev–Trinajstić information content (AvgIpc) is 2.55. The Hall–Kier alpha value is -2.57. The summed E-state index contributed by atoms with van der Waals surface area (Å²) in [5.41, 5.74) is 0.828. The molecular formula is C18H26N2O5. The number of alkyl carbamates (subject to hydrolysis) is 1. The van der Waals surface area contributed by atoms with Gasteiger partial charge in [-0.1, -0.05) is 58.0 Å². The Morgan fingerprint density at radius 3 is 2.00 bits per heavy atom. The molecule has 0 aliphatic heterocycles. The summed E-state index contributed by atoms with van der Waals surface area (Å²) in [7, 11) is 0. The number of amides is 2. The van der Waals surface area contributed by atoms with Crippen LogP contribution in [0.4, 0.5) is 4.79 Å². The number of carboxylic acids is 1. The van der Waals surface area contributed by atoms with Gasteiger partial charge in [0.15, 0.2) is 0 Å².